The number of aromatic nitrogens is 2. The summed E-state index contributed by atoms with van der Waals surface area (Å²) < 4.78 is 5.40. The van der Waals surface area contributed by atoms with E-state index in [9.17, 15) is 9.59 Å². The molecule has 0 aliphatic carbocycles. The largest absolute Gasteiger partial charge is 0.496 e. The van der Waals surface area contributed by atoms with Crippen molar-refractivity contribution in [2.45, 2.75) is 26.3 Å². The van der Waals surface area contributed by atoms with Crippen molar-refractivity contribution in [1.29, 1.82) is 0 Å². The van der Waals surface area contributed by atoms with Gasteiger partial charge in [-0.1, -0.05) is 13.8 Å². The van der Waals surface area contributed by atoms with Gasteiger partial charge in [0, 0.05) is 22.9 Å². The Balaban J connectivity index is 2.20. The van der Waals surface area contributed by atoms with Crippen molar-refractivity contribution in [2.24, 2.45) is 5.92 Å². The SMILES string of the molecule is COc1cc(NC(=O)C(CC(C)C)NC(=O)O)ccc1-c1ccnnc1. The normalized spacial score (nSPS) is 11.7. The van der Waals surface area contributed by atoms with Crippen LogP contribution >= 0.6 is 0 Å². The van der Waals surface area contributed by atoms with Crippen molar-refractivity contribution in [3.63, 3.8) is 0 Å². The van der Waals surface area contributed by atoms with E-state index in [1.807, 2.05) is 13.8 Å². The molecule has 1 unspecified atom stereocenters. The van der Waals surface area contributed by atoms with E-state index in [0.29, 0.717) is 17.9 Å². The zero-order valence-corrected chi connectivity index (χ0v) is 14.9. The van der Waals surface area contributed by atoms with Crippen LogP contribution in [0.5, 0.6) is 5.75 Å². The molecule has 0 aliphatic rings. The fourth-order valence-corrected chi connectivity index (χ4v) is 2.54. The maximum Gasteiger partial charge on any atom is 0.405 e. The Labute approximate surface area is 151 Å². The monoisotopic (exact) mass is 358 g/mol. The first-order valence-electron chi connectivity index (χ1n) is 8.16. The van der Waals surface area contributed by atoms with Gasteiger partial charge in [0.2, 0.25) is 5.91 Å². The Morgan fingerprint density at radius 3 is 2.58 bits per heavy atom. The third-order valence-electron chi connectivity index (χ3n) is 3.69. The molecule has 2 rings (SSSR count). The van der Waals surface area contributed by atoms with Gasteiger partial charge in [0.15, 0.2) is 0 Å². The number of nitrogens with one attached hydrogen (secondary N) is 2. The Bertz CT molecular complexity index is 765. The van der Waals surface area contributed by atoms with E-state index in [-0.39, 0.29) is 5.92 Å². The maximum atomic E-state index is 12.4. The van der Waals surface area contributed by atoms with Crippen LogP contribution in [0.15, 0.2) is 36.7 Å². The van der Waals surface area contributed by atoms with Crippen LogP contribution < -0.4 is 15.4 Å². The minimum atomic E-state index is -1.23. The second-order valence-electron chi connectivity index (χ2n) is 6.17. The number of benzene rings is 1. The van der Waals surface area contributed by atoms with E-state index in [1.54, 1.807) is 36.7 Å². The Hall–Kier alpha value is -3.16. The quantitative estimate of drug-likeness (QED) is 0.701. The molecule has 138 valence electrons. The van der Waals surface area contributed by atoms with E-state index >= 15 is 0 Å². The third-order valence-corrected chi connectivity index (χ3v) is 3.69. The minimum absolute atomic E-state index is 0.161. The molecule has 1 aromatic carbocycles. The zero-order chi connectivity index (χ0) is 19.1. The van der Waals surface area contributed by atoms with Gasteiger partial charge in [0.1, 0.15) is 11.8 Å². The first-order valence-corrected chi connectivity index (χ1v) is 8.16. The third kappa shape index (κ3) is 5.17. The number of ether oxygens (including phenoxy) is 1. The Morgan fingerprint density at radius 2 is 2.00 bits per heavy atom. The number of carboxylic acid groups (broad SMARTS) is 1. The van der Waals surface area contributed by atoms with Crippen molar-refractivity contribution < 1.29 is 19.4 Å². The summed E-state index contributed by atoms with van der Waals surface area (Å²) >= 11 is 0. The number of hydrogen-bond acceptors (Lipinski definition) is 5. The summed E-state index contributed by atoms with van der Waals surface area (Å²) in [6, 6.07) is 6.18. The van der Waals surface area contributed by atoms with Crippen LogP contribution in [-0.4, -0.2) is 40.5 Å². The molecule has 2 aromatic rings. The number of carbonyl (C=O) groups excluding carboxylic acids is 1. The van der Waals surface area contributed by atoms with Crippen LogP contribution in [-0.2, 0) is 4.79 Å². The summed E-state index contributed by atoms with van der Waals surface area (Å²) in [5, 5.41) is 21.5. The molecule has 0 fully saturated rings. The molecule has 8 nitrogen and oxygen atoms in total. The molecule has 0 radical (unpaired) electrons. The van der Waals surface area contributed by atoms with Gasteiger partial charge < -0.3 is 20.5 Å². The van der Waals surface area contributed by atoms with E-state index in [2.05, 4.69) is 20.8 Å². The summed E-state index contributed by atoms with van der Waals surface area (Å²) in [5.74, 6) is 0.303. The molecule has 3 N–H and O–H groups in total. The summed E-state index contributed by atoms with van der Waals surface area (Å²) in [5.41, 5.74) is 2.15. The molecule has 1 heterocycles. The second kappa shape index (κ2) is 8.80. The van der Waals surface area contributed by atoms with Gasteiger partial charge >= 0.3 is 6.09 Å². The Kier molecular flexibility index (Phi) is 6.48. The van der Waals surface area contributed by atoms with Crippen LogP contribution in [0.4, 0.5) is 10.5 Å². The predicted molar refractivity (Wildman–Crippen MR) is 97.1 cm³/mol. The van der Waals surface area contributed by atoms with Crippen LogP contribution in [0.2, 0.25) is 0 Å². The summed E-state index contributed by atoms with van der Waals surface area (Å²) in [7, 11) is 1.53. The zero-order valence-electron chi connectivity index (χ0n) is 14.9. The average Bonchev–Trinajstić information content (AvgIpc) is 2.61. The van der Waals surface area contributed by atoms with Crippen LogP contribution in [0.3, 0.4) is 0 Å². The fraction of sp³-hybridized carbons (Fsp3) is 0.333. The lowest BCUT2D eigenvalue weighted by molar-refractivity contribution is -0.118. The number of nitrogens with zero attached hydrogens (tertiary/aromatic N) is 2. The topological polar surface area (TPSA) is 113 Å². The van der Waals surface area contributed by atoms with E-state index in [4.69, 9.17) is 9.84 Å². The molecule has 0 saturated carbocycles. The van der Waals surface area contributed by atoms with E-state index in [1.165, 1.54) is 7.11 Å². The lowest BCUT2D eigenvalue weighted by Crippen LogP contribution is -2.44. The minimum Gasteiger partial charge on any atom is -0.496 e. The van der Waals surface area contributed by atoms with Gasteiger partial charge in [-0.2, -0.15) is 10.2 Å². The average molecular weight is 358 g/mol. The molecule has 8 heteroatoms. The molecule has 26 heavy (non-hydrogen) atoms. The van der Waals surface area contributed by atoms with Gasteiger partial charge in [-0.05, 0) is 30.5 Å². The molecule has 2 amide bonds. The van der Waals surface area contributed by atoms with Crippen molar-refractivity contribution in [3.8, 4) is 16.9 Å². The molecule has 0 aliphatic heterocycles. The highest BCUT2D eigenvalue weighted by molar-refractivity contribution is 5.97. The van der Waals surface area contributed by atoms with Crippen LogP contribution in [0.25, 0.3) is 11.1 Å². The number of hydrogen-bond donors (Lipinski definition) is 3. The van der Waals surface area contributed by atoms with Crippen molar-refractivity contribution in [1.82, 2.24) is 15.5 Å². The standard InChI is InChI=1S/C18H22N4O4/c1-11(2)8-15(22-18(24)25)17(23)21-13-4-5-14(16(9-13)26-3)12-6-7-19-20-10-12/h4-7,9-11,15,22H,8H2,1-3H3,(H,21,23)(H,24,25). The van der Waals surface area contributed by atoms with Crippen molar-refractivity contribution >= 4 is 17.7 Å². The van der Waals surface area contributed by atoms with E-state index < -0.39 is 18.0 Å². The number of methoxy groups -OCH3 is 1. The van der Waals surface area contributed by atoms with Crippen molar-refractivity contribution in [2.75, 3.05) is 12.4 Å². The van der Waals surface area contributed by atoms with E-state index in [0.717, 1.165) is 11.1 Å². The number of anilines is 1. The summed E-state index contributed by atoms with van der Waals surface area (Å²) in [6.07, 6.45) is 2.36. The van der Waals surface area contributed by atoms with Crippen LogP contribution in [0, 0.1) is 5.92 Å². The highest BCUT2D eigenvalue weighted by atomic mass is 16.5. The summed E-state index contributed by atoms with van der Waals surface area (Å²) in [6.45, 7) is 3.84. The molecule has 1 atom stereocenters. The van der Waals surface area contributed by atoms with Gasteiger partial charge in [-0.25, -0.2) is 4.79 Å². The predicted octanol–water partition coefficient (Wildman–Crippen LogP) is 2.77. The van der Waals surface area contributed by atoms with Gasteiger partial charge in [-0.3, -0.25) is 4.79 Å². The molecule has 0 spiro atoms. The maximum absolute atomic E-state index is 12.4. The first kappa shape index (κ1) is 19.2. The Morgan fingerprint density at radius 1 is 1.23 bits per heavy atom. The number of amides is 2. The highest BCUT2D eigenvalue weighted by Gasteiger charge is 2.22. The molecule has 0 saturated heterocycles. The highest BCUT2D eigenvalue weighted by Crippen LogP contribution is 2.31. The lowest BCUT2D eigenvalue weighted by Gasteiger charge is -2.19. The molecule has 0 bridgehead atoms. The second-order valence-corrected chi connectivity index (χ2v) is 6.17. The van der Waals surface area contributed by atoms with Gasteiger partial charge in [0.25, 0.3) is 0 Å². The first-order chi connectivity index (χ1) is 12.4. The van der Waals surface area contributed by atoms with Crippen LogP contribution in [0.1, 0.15) is 20.3 Å². The molecular formula is C18H22N4O4. The smallest absolute Gasteiger partial charge is 0.405 e. The molecule has 1 aromatic heterocycles. The lowest BCUT2D eigenvalue weighted by atomic mass is 10.0. The van der Waals surface area contributed by atoms with Crippen molar-refractivity contribution in [3.05, 3.63) is 36.7 Å². The fourth-order valence-electron chi connectivity index (χ4n) is 2.54. The summed E-state index contributed by atoms with van der Waals surface area (Å²) in [4.78, 5) is 23.4. The van der Waals surface area contributed by atoms with Gasteiger partial charge in [-0.15, -0.1) is 0 Å². The van der Waals surface area contributed by atoms with Gasteiger partial charge in [0.05, 0.1) is 19.5 Å². The molecular weight excluding hydrogens is 336 g/mol. The number of rotatable bonds is 7. The number of carbonyl (C=O) groups is 2.